The second kappa shape index (κ2) is 11.7. The Bertz CT molecular complexity index is 1480. The molecule has 2 N–H and O–H groups in total. The van der Waals surface area contributed by atoms with E-state index < -0.39 is 11.9 Å². The molecule has 0 amide bonds. The molecule has 0 saturated heterocycles. The zero-order chi connectivity index (χ0) is 27.4. The molecule has 0 heterocycles. The quantitative estimate of drug-likeness (QED) is 0.236. The molecule has 197 valence electrons. The molecule has 0 aliphatic heterocycles. The Kier molecular flexibility index (Phi) is 7.99. The maximum atomic E-state index is 11.6. The molecule has 0 aromatic heterocycles. The van der Waals surface area contributed by atoms with Crippen LogP contribution in [0.4, 0.5) is 0 Å². The van der Waals surface area contributed by atoms with E-state index >= 15 is 0 Å². The van der Waals surface area contributed by atoms with Crippen LogP contribution in [0.2, 0.25) is 5.02 Å². The topological polar surface area (TPSA) is 83.8 Å². The van der Waals surface area contributed by atoms with Crippen LogP contribution in [0.15, 0.2) is 84.9 Å². The van der Waals surface area contributed by atoms with Crippen LogP contribution in [0, 0.1) is 12.0 Å². The first-order chi connectivity index (χ1) is 18.9. The first-order valence-corrected chi connectivity index (χ1v) is 13.3. The molecule has 1 fully saturated rings. The molecule has 4 aromatic rings. The Morgan fingerprint density at radius 2 is 1.64 bits per heavy atom. The summed E-state index contributed by atoms with van der Waals surface area (Å²) in [6.45, 7) is 0.201. The Labute approximate surface area is 232 Å². The lowest BCUT2D eigenvalue weighted by Crippen LogP contribution is -2.21. The lowest BCUT2D eigenvalue weighted by atomic mass is 9.77. The molecule has 39 heavy (non-hydrogen) atoms. The molecule has 2 unspecified atom stereocenters. The summed E-state index contributed by atoms with van der Waals surface area (Å²) < 4.78 is 6.07. The summed E-state index contributed by atoms with van der Waals surface area (Å²) >= 11 is 6.04. The van der Waals surface area contributed by atoms with Gasteiger partial charge >= 0.3 is 11.9 Å². The van der Waals surface area contributed by atoms with E-state index in [1.54, 1.807) is 30.3 Å². The van der Waals surface area contributed by atoms with E-state index in [0.717, 1.165) is 52.6 Å². The van der Waals surface area contributed by atoms with Gasteiger partial charge in [0.2, 0.25) is 0 Å². The van der Waals surface area contributed by atoms with Crippen molar-refractivity contribution < 1.29 is 24.5 Å². The minimum Gasteiger partial charge on any atom is -0.489 e. The number of aliphatic carboxylic acids is 1. The summed E-state index contributed by atoms with van der Waals surface area (Å²) in [4.78, 5) is 23.1. The van der Waals surface area contributed by atoms with Gasteiger partial charge in [-0.2, -0.15) is 0 Å². The number of aromatic carboxylic acids is 1. The highest BCUT2D eigenvalue weighted by molar-refractivity contribution is 6.30. The maximum absolute atomic E-state index is 11.6. The third kappa shape index (κ3) is 6.32. The van der Waals surface area contributed by atoms with Gasteiger partial charge in [0.25, 0.3) is 0 Å². The second-order valence-electron chi connectivity index (χ2n) is 9.93. The lowest BCUT2D eigenvalue weighted by Gasteiger charge is -2.27. The Hall–Kier alpha value is -4.09. The van der Waals surface area contributed by atoms with Crippen LogP contribution < -0.4 is 4.74 Å². The predicted molar refractivity (Wildman–Crippen MR) is 151 cm³/mol. The third-order valence-corrected chi connectivity index (χ3v) is 7.64. The van der Waals surface area contributed by atoms with Gasteiger partial charge in [-0.05, 0) is 101 Å². The summed E-state index contributed by atoms with van der Waals surface area (Å²) in [7, 11) is 0. The zero-order valence-electron chi connectivity index (χ0n) is 21.3. The van der Waals surface area contributed by atoms with Crippen molar-refractivity contribution in [3.8, 4) is 28.0 Å². The van der Waals surface area contributed by atoms with Crippen molar-refractivity contribution in [2.75, 3.05) is 0 Å². The predicted octanol–water partition coefficient (Wildman–Crippen LogP) is 8.11. The molecule has 0 bridgehead atoms. The first kappa shape index (κ1) is 26.5. The number of carboxylic acids is 2. The van der Waals surface area contributed by atoms with Crippen molar-refractivity contribution in [1.82, 2.24) is 0 Å². The molecule has 1 saturated carbocycles. The van der Waals surface area contributed by atoms with Gasteiger partial charge in [0.05, 0.1) is 11.5 Å². The van der Waals surface area contributed by atoms with Crippen LogP contribution in [0.25, 0.3) is 22.3 Å². The van der Waals surface area contributed by atoms with E-state index in [9.17, 15) is 19.8 Å². The molecule has 1 aliphatic carbocycles. The molecule has 1 aliphatic rings. The SMILES string of the molecule is O=C(O)c1ccc(-c2ccc(Cl)cc2)c(COc2ccc(-c3[c]ccc(C4CCCC(C(=O)O)C4)c3)cc2)c1. The third-order valence-electron chi connectivity index (χ3n) is 7.39. The monoisotopic (exact) mass is 539 g/mol. The summed E-state index contributed by atoms with van der Waals surface area (Å²) in [5.74, 6) is -1.06. The van der Waals surface area contributed by atoms with Gasteiger partial charge in [-0.25, -0.2) is 4.79 Å². The number of carbonyl (C=O) groups is 2. The molecule has 4 aromatic carbocycles. The normalized spacial score (nSPS) is 16.9. The fourth-order valence-electron chi connectivity index (χ4n) is 5.27. The summed E-state index contributed by atoms with van der Waals surface area (Å²) in [6, 6.07) is 29.5. The molecule has 5 rings (SSSR count). The molecular formula is C33H28ClO5. The van der Waals surface area contributed by atoms with Crippen LogP contribution >= 0.6 is 11.6 Å². The van der Waals surface area contributed by atoms with E-state index in [1.807, 2.05) is 48.5 Å². The van der Waals surface area contributed by atoms with E-state index in [4.69, 9.17) is 16.3 Å². The van der Waals surface area contributed by atoms with Crippen LogP contribution in [-0.2, 0) is 11.4 Å². The standard InChI is InChI=1S/C33H28ClO5/c34-29-12-7-22(8-13-29)31-16-11-27(33(37)38)19-28(31)20-39-30-14-9-21(10-15-30)23-3-1-4-24(17-23)25-5-2-6-26(18-25)32(35)36/h1,4,7-17,19,25-26H,2,5-6,18,20H2,(H,35,36)(H,37,38). The minimum atomic E-state index is -0.992. The van der Waals surface area contributed by atoms with Crippen molar-refractivity contribution in [2.45, 2.75) is 38.2 Å². The lowest BCUT2D eigenvalue weighted by molar-refractivity contribution is -0.143. The summed E-state index contributed by atoms with van der Waals surface area (Å²) in [5.41, 5.74) is 5.86. The highest BCUT2D eigenvalue weighted by Gasteiger charge is 2.28. The molecule has 2 atom stereocenters. The largest absolute Gasteiger partial charge is 0.489 e. The number of carboxylic acid groups (broad SMARTS) is 2. The van der Waals surface area contributed by atoms with Crippen molar-refractivity contribution >= 4 is 23.5 Å². The van der Waals surface area contributed by atoms with Crippen LogP contribution in [0.3, 0.4) is 0 Å². The summed E-state index contributed by atoms with van der Waals surface area (Å²) in [6.07, 6.45) is 3.35. The molecule has 0 spiro atoms. The Morgan fingerprint density at radius 3 is 2.36 bits per heavy atom. The fourth-order valence-corrected chi connectivity index (χ4v) is 5.40. The summed E-state index contributed by atoms with van der Waals surface area (Å²) in [5, 5.41) is 19.6. The van der Waals surface area contributed by atoms with Crippen molar-refractivity contribution in [1.29, 1.82) is 0 Å². The zero-order valence-corrected chi connectivity index (χ0v) is 22.0. The van der Waals surface area contributed by atoms with E-state index in [1.165, 1.54) is 0 Å². The maximum Gasteiger partial charge on any atom is 0.335 e. The number of rotatable bonds is 8. The van der Waals surface area contributed by atoms with E-state index in [-0.39, 0.29) is 24.0 Å². The van der Waals surface area contributed by atoms with Gasteiger partial charge in [-0.3, -0.25) is 4.79 Å². The van der Waals surface area contributed by atoms with Gasteiger partial charge in [0, 0.05) is 5.02 Å². The number of hydrogen-bond donors (Lipinski definition) is 2. The smallest absolute Gasteiger partial charge is 0.335 e. The second-order valence-corrected chi connectivity index (χ2v) is 10.4. The molecule has 6 heteroatoms. The van der Waals surface area contributed by atoms with Crippen LogP contribution in [0.5, 0.6) is 5.75 Å². The fraction of sp³-hybridized carbons (Fsp3) is 0.212. The molecule has 1 radical (unpaired) electrons. The van der Waals surface area contributed by atoms with Gasteiger partial charge in [-0.15, -0.1) is 0 Å². The number of benzene rings is 4. The molecule has 5 nitrogen and oxygen atoms in total. The number of ether oxygens (including phenoxy) is 1. The number of halogens is 1. The van der Waals surface area contributed by atoms with Crippen molar-refractivity contribution in [3.63, 3.8) is 0 Å². The van der Waals surface area contributed by atoms with Crippen molar-refractivity contribution in [3.05, 3.63) is 113 Å². The van der Waals surface area contributed by atoms with Crippen molar-refractivity contribution in [2.24, 2.45) is 5.92 Å². The highest BCUT2D eigenvalue weighted by atomic mass is 35.5. The first-order valence-electron chi connectivity index (χ1n) is 13.0. The van der Waals surface area contributed by atoms with Crippen LogP contribution in [0.1, 0.15) is 53.1 Å². The minimum absolute atomic E-state index is 0.199. The average Bonchev–Trinajstić information content (AvgIpc) is 2.97. The van der Waals surface area contributed by atoms with Gasteiger partial charge in [0.15, 0.2) is 0 Å². The van der Waals surface area contributed by atoms with Crippen LogP contribution in [-0.4, -0.2) is 22.2 Å². The van der Waals surface area contributed by atoms with Gasteiger partial charge in [-0.1, -0.05) is 66.6 Å². The van der Waals surface area contributed by atoms with Gasteiger partial charge < -0.3 is 14.9 Å². The highest BCUT2D eigenvalue weighted by Crippen LogP contribution is 2.37. The Balaban J connectivity index is 1.32. The van der Waals surface area contributed by atoms with E-state index in [2.05, 4.69) is 12.1 Å². The van der Waals surface area contributed by atoms with Gasteiger partial charge in [0.1, 0.15) is 12.4 Å². The number of hydrogen-bond acceptors (Lipinski definition) is 3. The average molecular weight is 540 g/mol. The Morgan fingerprint density at radius 1 is 0.897 bits per heavy atom. The van der Waals surface area contributed by atoms with E-state index in [0.29, 0.717) is 17.2 Å². The molecular weight excluding hydrogens is 512 g/mol.